The smallest absolute Gasteiger partial charge is 0.169 e. The lowest BCUT2D eigenvalue weighted by Crippen LogP contribution is -2.45. The molecule has 1 N–H and O–H groups in total. The van der Waals surface area contributed by atoms with Gasteiger partial charge in [-0.15, -0.1) is 0 Å². The van der Waals surface area contributed by atoms with Gasteiger partial charge in [0, 0.05) is 25.8 Å². The van der Waals surface area contributed by atoms with Gasteiger partial charge in [0.15, 0.2) is 6.29 Å². The van der Waals surface area contributed by atoms with Crippen molar-refractivity contribution in [3.63, 3.8) is 0 Å². The highest BCUT2D eigenvalue weighted by Gasteiger charge is 2.19. The van der Waals surface area contributed by atoms with Crippen molar-refractivity contribution in [1.29, 1.82) is 0 Å². The summed E-state index contributed by atoms with van der Waals surface area (Å²) in [4.78, 5) is 2.56. The molecule has 0 aliphatic carbocycles. The number of hydrogen-bond acceptors (Lipinski definition) is 4. The third-order valence-corrected chi connectivity index (χ3v) is 3.41. The molecular formula is C14H30N2O2. The summed E-state index contributed by atoms with van der Waals surface area (Å²) in [5.41, 5.74) is 0. The second-order valence-corrected chi connectivity index (χ2v) is 4.86. The molecule has 1 heterocycles. The number of ether oxygens (including phenoxy) is 2. The summed E-state index contributed by atoms with van der Waals surface area (Å²) in [7, 11) is 0. The molecule has 0 spiro atoms. The SMILES string of the molecule is CCCN1CCC(NCC(OCC)OCC)CC1. The number of likely N-dealkylation sites (tertiary alicyclic amines) is 1. The van der Waals surface area contributed by atoms with Crippen LogP contribution in [0.3, 0.4) is 0 Å². The molecule has 1 saturated heterocycles. The molecule has 0 aromatic heterocycles. The van der Waals surface area contributed by atoms with Gasteiger partial charge in [0.1, 0.15) is 0 Å². The Balaban J connectivity index is 2.15. The van der Waals surface area contributed by atoms with Crippen LogP contribution in [0.1, 0.15) is 40.0 Å². The predicted molar refractivity (Wildman–Crippen MR) is 74.8 cm³/mol. The van der Waals surface area contributed by atoms with E-state index in [1.54, 1.807) is 0 Å². The van der Waals surface area contributed by atoms with Gasteiger partial charge in [-0.25, -0.2) is 0 Å². The first kappa shape index (κ1) is 15.9. The molecule has 0 amide bonds. The van der Waals surface area contributed by atoms with Crippen molar-refractivity contribution in [1.82, 2.24) is 10.2 Å². The van der Waals surface area contributed by atoms with Gasteiger partial charge in [-0.2, -0.15) is 0 Å². The first-order valence-electron chi connectivity index (χ1n) is 7.49. The molecule has 108 valence electrons. The normalized spacial score (nSPS) is 18.7. The van der Waals surface area contributed by atoms with Crippen molar-refractivity contribution in [3.8, 4) is 0 Å². The van der Waals surface area contributed by atoms with Gasteiger partial charge in [0.2, 0.25) is 0 Å². The Morgan fingerprint density at radius 3 is 2.22 bits per heavy atom. The number of hydrogen-bond donors (Lipinski definition) is 1. The van der Waals surface area contributed by atoms with Crippen LogP contribution in [0.2, 0.25) is 0 Å². The van der Waals surface area contributed by atoms with Crippen LogP contribution in [0.5, 0.6) is 0 Å². The third kappa shape index (κ3) is 6.14. The van der Waals surface area contributed by atoms with E-state index in [0.29, 0.717) is 19.3 Å². The monoisotopic (exact) mass is 258 g/mol. The standard InChI is InChI=1S/C14H30N2O2/c1-4-9-16-10-7-13(8-11-16)15-12-14(17-5-2)18-6-3/h13-15H,4-12H2,1-3H3. The van der Waals surface area contributed by atoms with Crippen LogP contribution in [0.4, 0.5) is 0 Å². The van der Waals surface area contributed by atoms with Crippen LogP contribution in [-0.4, -0.2) is 56.6 Å². The molecule has 4 heteroatoms. The Morgan fingerprint density at radius 1 is 1.11 bits per heavy atom. The molecule has 0 aromatic rings. The molecule has 0 saturated carbocycles. The molecule has 0 aromatic carbocycles. The Labute approximate surface area is 112 Å². The van der Waals surface area contributed by atoms with Gasteiger partial charge in [-0.1, -0.05) is 6.92 Å². The highest BCUT2D eigenvalue weighted by atomic mass is 16.7. The Bertz CT molecular complexity index is 188. The number of nitrogens with one attached hydrogen (secondary N) is 1. The van der Waals surface area contributed by atoms with Crippen LogP contribution < -0.4 is 5.32 Å². The lowest BCUT2D eigenvalue weighted by atomic mass is 10.0. The van der Waals surface area contributed by atoms with E-state index in [1.165, 1.54) is 38.9 Å². The molecule has 0 bridgehead atoms. The topological polar surface area (TPSA) is 33.7 Å². The van der Waals surface area contributed by atoms with Crippen molar-refractivity contribution in [2.45, 2.75) is 52.4 Å². The fourth-order valence-electron chi connectivity index (χ4n) is 2.48. The zero-order valence-electron chi connectivity index (χ0n) is 12.3. The zero-order chi connectivity index (χ0) is 13.2. The largest absolute Gasteiger partial charge is 0.352 e. The number of rotatable bonds is 9. The van der Waals surface area contributed by atoms with E-state index >= 15 is 0 Å². The molecule has 1 aliphatic rings. The van der Waals surface area contributed by atoms with Gasteiger partial charge in [0.25, 0.3) is 0 Å². The highest BCUT2D eigenvalue weighted by Crippen LogP contribution is 2.10. The van der Waals surface area contributed by atoms with Crippen LogP contribution in [0.15, 0.2) is 0 Å². The Kier molecular flexibility index (Phi) is 8.59. The second-order valence-electron chi connectivity index (χ2n) is 4.86. The molecule has 18 heavy (non-hydrogen) atoms. The number of nitrogens with zero attached hydrogens (tertiary/aromatic N) is 1. The number of piperidine rings is 1. The van der Waals surface area contributed by atoms with E-state index in [9.17, 15) is 0 Å². The van der Waals surface area contributed by atoms with E-state index in [-0.39, 0.29) is 6.29 Å². The molecule has 0 atom stereocenters. The van der Waals surface area contributed by atoms with Crippen LogP contribution >= 0.6 is 0 Å². The molecular weight excluding hydrogens is 228 g/mol. The third-order valence-electron chi connectivity index (χ3n) is 3.41. The van der Waals surface area contributed by atoms with Crippen LogP contribution in [0, 0.1) is 0 Å². The van der Waals surface area contributed by atoms with Gasteiger partial charge in [-0.05, 0) is 52.7 Å². The summed E-state index contributed by atoms with van der Waals surface area (Å²) in [6.07, 6.45) is 3.65. The summed E-state index contributed by atoms with van der Waals surface area (Å²) in [5.74, 6) is 0. The van der Waals surface area contributed by atoms with Crippen molar-refractivity contribution in [2.24, 2.45) is 0 Å². The van der Waals surface area contributed by atoms with E-state index in [4.69, 9.17) is 9.47 Å². The average Bonchev–Trinajstić information content (AvgIpc) is 2.38. The molecule has 4 nitrogen and oxygen atoms in total. The fourth-order valence-corrected chi connectivity index (χ4v) is 2.48. The summed E-state index contributed by atoms with van der Waals surface area (Å²) >= 11 is 0. The molecule has 1 fully saturated rings. The van der Waals surface area contributed by atoms with Crippen LogP contribution in [0.25, 0.3) is 0 Å². The van der Waals surface area contributed by atoms with E-state index in [1.807, 2.05) is 13.8 Å². The molecule has 1 rings (SSSR count). The van der Waals surface area contributed by atoms with Crippen molar-refractivity contribution >= 4 is 0 Å². The van der Waals surface area contributed by atoms with Crippen LogP contribution in [-0.2, 0) is 9.47 Å². The van der Waals surface area contributed by atoms with E-state index in [2.05, 4.69) is 17.1 Å². The van der Waals surface area contributed by atoms with Crippen molar-refractivity contribution in [3.05, 3.63) is 0 Å². The van der Waals surface area contributed by atoms with E-state index in [0.717, 1.165) is 6.54 Å². The summed E-state index contributed by atoms with van der Waals surface area (Å²) < 4.78 is 11.1. The lowest BCUT2D eigenvalue weighted by molar-refractivity contribution is -0.134. The van der Waals surface area contributed by atoms with Crippen molar-refractivity contribution < 1.29 is 9.47 Å². The summed E-state index contributed by atoms with van der Waals surface area (Å²) in [5, 5.41) is 3.58. The first-order chi connectivity index (χ1) is 8.80. The second kappa shape index (κ2) is 9.73. The maximum absolute atomic E-state index is 5.54. The van der Waals surface area contributed by atoms with Gasteiger partial charge < -0.3 is 19.7 Å². The molecule has 0 radical (unpaired) electrons. The fraction of sp³-hybridized carbons (Fsp3) is 1.00. The minimum absolute atomic E-state index is 0.0892. The minimum atomic E-state index is -0.0892. The maximum atomic E-state index is 5.54. The van der Waals surface area contributed by atoms with E-state index < -0.39 is 0 Å². The molecule has 0 unspecified atom stereocenters. The minimum Gasteiger partial charge on any atom is -0.352 e. The zero-order valence-corrected chi connectivity index (χ0v) is 12.3. The Hall–Kier alpha value is -0.160. The quantitative estimate of drug-likeness (QED) is 0.640. The van der Waals surface area contributed by atoms with Gasteiger partial charge in [0.05, 0.1) is 0 Å². The predicted octanol–water partition coefficient (Wildman–Crippen LogP) is 1.85. The van der Waals surface area contributed by atoms with Crippen molar-refractivity contribution in [2.75, 3.05) is 39.4 Å². The van der Waals surface area contributed by atoms with Gasteiger partial charge >= 0.3 is 0 Å². The Morgan fingerprint density at radius 2 is 1.72 bits per heavy atom. The average molecular weight is 258 g/mol. The summed E-state index contributed by atoms with van der Waals surface area (Å²) in [6.45, 7) is 12.2. The first-order valence-corrected chi connectivity index (χ1v) is 7.49. The highest BCUT2D eigenvalue weighted by molar-refractivity contribution is 4.77. The molecule has 1 aliphatic heterocycles. The maximum Gasteiger partial charge on any atom is 0.169 e. The lowest BCUT2D eigenvalue weighted by Gasteiger charge is -2.33. The van der Waals surface area contributed by atoms with Gasteiger partial charge in [-0.3, -0.25) is 0 Å². The summed E-state index contributed by atoms with van der Waals surface area (Å²) in [6, 6.07) is 0.626.